The van der Waals surface area contributed by atoms with Crippen LogP contribution in [0.15, 0.2) is 36.7 Å². The van der Waals surface area contributed by atoms with Crippen molar-refractivity contribution < 1.29 is 9.53 Å². The predicted molar refractivity (Wildman–Crippen MR) is 76.8 cm³/mol. The maximum absolute atomic E-state index is 11.6. The summed E-state index contributed by atoms with van der Waals surface area (Å²) in [4.78, 5) is 11.6. The quantitative estimate of drug-likeness (QED) is 0.859. The zero-order valence-corrected chi connectivity index (χ0v) is 11.9. The van der Waals surface area contributed by atoms with Gasteiger partial charge in [0.25, 0.3) is 0 Å². The van der Waals surface area contributed by atoms with Crippen molar-refractivity contribution in [3.63, 3.8) is 0 Å². The van der Waals surface area contributed by atoms with Crippen molar-refractivity contribution in [2.24, 2.45) is 5.73 Å². The molecule has 1 atom stereocenters. The van der Waals surface area contributed by atoms with E-state index in [4.69, 9.17) is 22.1 Å². The van der Waals surface area contributed by atoms with Crippen molar-refractivity contribution in [3.05, 3.63) is 52.8 Å². The highest BCUT2D eigenvalue weighted by atomic mass is 35.5. The van der Waals surface area contributed by atoms with E-state index in [2.05, 4.69) is 5.10 Å². The number of ether oxygens (including phenoxy) is 1. The summed E-state index contributed by atoms with van der Waals surface area (Å²) in [6.45, 7) is 2.41. The molecular weight excluding hydrogens is 278 g/mol. The van der Waals surface area contributed by atoms with Gasteiger partial charge >= 0.3 is 5.97 Å². The first-order chi connectivity index (χ1) is 9.67. The second-order valence-electron chi connectivity index (χ2n) is 4.20. The van der Waals surface area contributed by atoms with Crippen LogP contribution in [0, 0.1) is 0 Å². The molecule has 2 rings (SSSR count). The number of carbonyl (C=O) groups is 1. The van der Waals surface area contributed by atoms with Crippen LogP contribution in [-0.2, 0) is 4.74 Å². The predicted octanol–water partition coefficient (Wildman–Crippen LogP) is 2.26. The van der Waals surface area contributed by atoms with Crippen LogP contribution in [0.5, 0.6) is 0 Å². The standard InChI is InChI=1S/C14H16ClN3O2/c1-2-20-14(19)10-8-17-18(9-10)13(7-16)11-5-3-4-6-12(11)15/h3-6,8-9,13H,2,7,16H2,1H3. The molecule has 0 saturated heterocycles. The fourth-order valence-electron chi connectivity index (χ4n) is 1.95. The lowest BCUT2D eigenvalue weighted by molar-refractivity contribution is 0.0526. The highest BCUT2D eigenvalue weighted by Gasteiger charge is 2.18. The van der Waals surface area contributed by atoms with E-state index >= 15 is 0 Å². The van der Waals surface area contributed by atoms with Crippen LogP contribution < -0.4 is 5.73 Å². The molecule has 106 valence electrons. The molecule has 0 amide bonds. The second kappa shape index (κ2) is 6.54. The highest BCUT2D eigenvalue weighted by molar-refractivity contribution is 6.31. The fourth-order valence-corrected chi connectivity index (χ4v) is 2.21. The first-order valence-electron chi connectivity index (χ1n) is 6.33. The Labute approximate surface area is 122 Å². The van der Waals surface area contributed by atoms with E-state index in [0.29, 0.717) is 23.7 Å². The number of nitrogens with two attached hydrogens (primary N) is 1. The van der Waals surface area contributed by atoms with Crippen molar-refractivity contribution >= 4 is 17.6 Å². The Morgan fingerprint density at radius 2 is 2.25 bits per heavy atom. The summed E-state index contributed by atoms with van der Waals surface area (Å²) in [5, 5.41) is 4.81. The van der Waals surface area contributed by atoms with Gasteiger partial charge in [0.05, 0.1) is 24.4 Å². The third-order valence-electron chi connectivity index (χ3n) is 2.92. The topological polar surface area (TPSA) is 70.1 Å². The molecule has 0 radical (unpaired) electrons. The minimum atomic E-state index is -0.395. The Hall–Kier alpha value is -1.85. The lowest BCUT2D eigenvalue weighted by Crippen LogP contribution is -2.21. The maximum atomic E-state index is 11.6. The smallest absolute Gasteiger partial charge is 0.341 e. The van der Waals surface area contributed by atoms with Gasteiger partial charge in [0.1, 0.15) is 0 Å². The Kier molecular flexibility index (Phi) is 4.76. The number of benzene rings is 1. The second-order valence-corrected chi connectivity index (χ2v) is 4.61. The van der Waals surface area contributed by atoms with E-state index in [-0.39, 0.29) is 6.04 Å². The Morgan fingerprint density at radius 1 is 1.50 bits per heavy atom. The van der Waals surface area contributed by atoms with E-state index in [0.717, 1.165) is 5.56 Å². The van der Waals surface area contributed by atoms with Crippen LogP contribution in [0.3, 0.4) is 0 Å². The van der Waals surface area contributed by atoms with Gasteiger partial charge in [-0.3, -0.25) is 4.68 Å². The molecule has 0 spiro atoms. The summed E-state index contributed by atoms with van der Waals surface area (Å²) in [7, 11) is 0. The van der Waals surface area contributed by atoms with E-state index in [1.165, 1.54) is 6.20 Å². The van der Waals surface area contributed by atoms with Gasteiger partial charge in [0, 0.05) is 17.8 Å². The van der Waals surface area contributed by atoms with Gasteiger partial charge in [-0.25, -0.2) is 4.79 Å². The van der Waals surface area contributed by atoms with E-state index < -0.39 is 5.97 Å². The lowest BCUT2D eigenvalue weighted by atomic mass is 10.1. The first-order valence-corrected chi connectivity index (χ1v) is 6.71. The molecule has 2 N–H and O–H groups in total. The van der Waals surface area contributed by atoms with Crippen LogP contribution in [0.4, 0.5) is 0 Å². The van der Waals surface area contributed by atoms with Crippen LogP contribution >= 0.6 is 11.6 Å². The molecule has 0 bridgehead atoms. The van der Waals surface area contributed by atoms with Gasteiger partial charge in [-0.2, -0.15) is 5.10 Å². The zero-order valence-electron chi connectivity index (χ0n) is 11.1. The molecule has 0 saturated carbocycles. The molecule has 0 aliphatic heterocycles. The molecule has 0 fully saturated rings. The van der Waals surface area contributed by atoms with Crippen molar-refractivity contribution in [2.45, 2.75) is 13.0 Å². The molecule has 1 aromatic heterocycles. The largest absolute Gasteiger partial charge is 0.462 e. The number of nitrogens with zero attached hydrogens (tertiary/aromatic N) is 2. The average molecular weight is 294 g/mol. The third kappa shape index (κ3) is 3.00. The first kappa shape index (κ1) is 14.6. The monoisotopic (exact) mass is 293 g/mol. The molecule has 5 nitrogen and oxygen atoms in total. The van der Waals surface area contributed by atoms with Crippen molar-refractivity contribution in [3.8, 4) is 0 Å². The van der Waals surface area contributed by atoms with Crippen LogP contribution in [0.1, 0.15) is 28.9 Å². The van der Waals surface area contributed by atoms with E-state index in [1.807, 2.05) is 18.2 Å². The van der Waals surface area contributed by atoms with Gasteiger partial charge in [-0.15, -0.1) is 0 Å². The van der Waals surface area contributed by atoms with Gasteiger partial charge in [-0.05, 0) is 18.6 Å². The van der Waals surface area contributed by atoms with E-state index in [9.17, 15) is 4.79 Å². The Balaban J connectivity index is 2.29. The number of aromatic nitrogens is 2. The Bertz CT molecular complexity index is 598. The summed E-state index contributed by atoms with van der Waals surface area (Å²) in [6.07, 6.45) is 3.09. The minimum absolute atomic E-state index is 0.216. The lowest BCUT2D eigenvalue weighted by Gasteiger charge is -2.17. The number of rotatable bonds is 5. The molecule has 0 aliphatic rings. The average Bonchev–Trinajstić information content (AvgIpc) is 2.92. The molecule has 0 aliphatic carbocycles. The molecule has 1 aromatic carbocycles. The summed E-state index contributed by atoms with van der Waals surface area (Å²) < 4.78 is 6.57. The zero-order chi connectivity index (χ0) is 14.5. The normalized spacial score (nSPS) is 12.2. The number of esters is 1. The fraction of sp³-hybridized carbons (Fsp3) is 0.286. The van der Waals surface area contributed by atoms with Gasteiger partial charge in [0.15, 0.2) is 0 Å². The Morgan fingerprint density at radius 3 is 2.90 bits per heavy atom. The number of halogens is 1. The third-order valence-corrected chi connectivity index (χ3v) is 3.26. The van der Waals surface area contributed by atoms with Crippen molar-refractivity contribution in [2.75, 3.05) is 13.2 Å². The van der Waals surface area contributed by atoms with Crippen molar-refractivity contribution in [1.82, 2.24) is 9.78 Å². The molecule has 1 unspecified atom stereocenters. The molecule has 1 heterocycles. The summed E-state index contributed by atoms with van der Waals surface area (Å²) in [6, 6.07) is 7.22. The van der Waals surface area contributed by atoms with Crippen LogP contribution in [-0.4, -0.2) is 28.9 Å². The molecule has 20 heavy (non-hydrogen) atoms. The SMILES string of the molecule is CCOC(=O)c1cnn(C(CN)c2ccccc2Cl)c1. The molecule has 2 aromatic rings. The van der Waals surface area contributed by atoms with Gasteiger partial charge in [-0.1, -0.05) is 29.8 Å². The highest BCUT2D eigenvalue weighted by Crippen LogP contribution is 2.25. The van der Waals surface area contributed by atoms with Crippen LogP contribution in [0.2, 0.25) is 5.02 Å². The summed E-state index contributed by atoms with van der Waals surface area (Å²) in [5.41, 5.74) is 7.08. The van der Waals surface area contributed by atoms with Crippen LogP contribution in [0.25, 0.3) is 0 Å². The molecule has 6 heteroatoms. The van der Waals surface area contributed by atoms with Gasteiger partial charge in [0.2, 0.25) is 0 Å². The van der Waals surface area contributed by atoms with E-state index in [1.54, 1.807) is 23.9 Å². The number of carbonyl (C=O) groups excluding carboxylic acids is 1. The number of hydrogen-bond donors (Lipinski definition) is 1. The summed E-state index contributed by atoms with van der Waals surface area (Å²) >= 11 is 6.18. The van der Waals surface area contributed by atoms with Gasteiger partial charge < -0.3 is 10.5 Å². The van der Waals surface area contributed by atoms with Crippen molar-refractivity contribution in [1.29, 1.82) is 0 Å². The molecular formula is C14H16ClN3O2. The maximum Gasteiger partial charge on any atom is 0.341 e. The number of hydrogen-bond acceptors (Lipinski definition) is 4. The summed E-state index contributed by atoms with van der Waals surface area (Å²) in [5.74, 6) is -0.395. The minimum Gasteiger partial charge on any atom is -0.462 e.